The number of aromatic nitrogens is 4. The minimum atomic E-state index is -1.15. The van der Waals surface area contributed by atoms with Crippen molar-refractivity contribution in [2.45, 2.75) is 6.92 Å². The molecule has 9 heteroatoms. The fourth-order valence-corrected chi connectivity index (χ4v) is 2.94. The molecule has 0 atom stereocenters. The van der Waals surface area contributed by atoms with Crippen molar-refractivity contribution in [3.8, 4) is 16.9 Å². The van der Waals surface area contributed by atoms with Gasteiger partial charge in [-0.25, -0.2) is 13.9 Å². The summed E-state index contributed by atoms with van der Waals surface area (Å²) in [6.07, 6.45) is 2.37. The van der Waals surface area contributed by atoms with Gasteiger partial charge in [0.05, 0.1) is 5.69 Å². The quantitative estimate of drug-likeness (QED) is 0.399. The fourth-order valence-electron chi connectivity index (χ4n) is 2.94. The minimum Gasteiger partial charge on any atom is -0.465 e. The topological polar surface area (TPSA) is 108 Å². The maximum atomic E-state index is 14.9. The monoisotopic (exact) mass is 392 g/mol. The Morgan fingerprint density at radius 2 is 2.00 bits per heavy atom. The first-order valence-corrected chi connectivity index (χ1v) is 8.73. The molecule has 2 aromatic carbocycles. The van der Waals surface area contributed by atoms with Gasteiger partial charge in [0.25, 0.3) is 0 Å². The number of anilines is 3. The van der Waals surface area contributed by atoms with Crippen LogP contribution in [0.2, 0.25) is 0 Å². The van der Waals surface area contributed by atoms with Gasteiger partial charge in [0, 0.05) is 29.3 Å². The first-order valence-electron chi connectivity index (χ1n) is 8.73. The summed E-state index contributed by atoms with van der Waals surface area (Å²) in [5.41, 5.74) is 3.57. The summed E-state index contributed by atoms with van der Waals surface area (Å²) in [6.45, 7) is 1.79. The lowest BCUT2D eigenvalue weighted by Gasteiger charge is -2.09. The van der Waals surface area contributed by atoms with Crippen molar-refractivity contribution in [1.29, 1.82) is 0 Å². The minimum absolute atomic E-state index is 0.0539. The lowest BCUT2D eigenvalue weighted by Crippen LogP contribution is -2.07. The van der Waals surface area contributed by atoms with Crippen LogP contribution in [0.15, 0.2) is 60.9 Å². The van der Waals surface area contributed by atoms with E-state index in [4.69, 9.17) is 5.11 Å². The molecule has 1 amide bonds. The molecule has 0 bridgehead atoms. The predicted octanol–water partition coefficient (Wildman–Crippen LogP) is 4.54. The number of hydrogen-bond donors (Lipinski definition) is 4. The molecule has 0 radical (unpaired) electrons. The van der Waals surface area contributed by atoms with Gasteiger partial charge in [0.1, 0.15) is 5.69 Å². The molecule has 8 nitrogen and oxygen atoms in total. The second-order valence-corrected chi connectivity index (χ2v) is 6.34. The van der Waals surface area contributed by atoms with Crippen molar-refractivity contribution in [3.63, 3.8) is 0 Å². The van der Waals surface area contributed by atoms with E-state index in [1.807, 2.05) is 24.4 Å². The van der Waals surface area contributed by atoms with Crippen molar-refractivity contribution in [2.24, 2.45) is 0 Å². The van der Waals surface area contributed by atoms with Crippen LogP contribution in [0.1, 0.15) is 5.56 Å². The number of amides is 1. The number of benzene rings is 2. The molecular weight excluding hydrogens is 375 g/mol. The van der Waals surface area contributed by atoms with Gasteiger partial charge in [0.2, 0.25) is 0 Å². The number of carboxylic acid groups (broad SMARTS) is 1. The summed E-state index contributed by atoms with van der Waals surface area (Å²) in [4.78, 5) is 10.7. The van der Waals surface area contributed by atoms with Gasteiger partial charge >= 0.3 is 6.09 Å². The van der Waals surface area contributed by atoms with E-state index in [-0.39, 0.29) is 11.5 Å². The van der Waals surface area contributed by atoms with Gasteiger partial charge in [0.15, 0.2) is 11.6 Å². The second kappa shape index (κ2) is 7.47. The number of nitrogens with one attached hydrogen (secondary N) is 3. The van der Waals surface area contributed by atoms with Crippen LogP contribution >= 0.6 is 0 Å². The van der Waals surface area contributed by atoms with E-state index in [2.05, 4.69) is 25.9 Å². The highest BCUT2D eigenvalue weighted by molar-refractivity contribution is 5.83. The second-order valence-electron chi connectivity index (χ2n) is 6.34. The summed E-state index contributed by atoms with van der Waals surface area (Å²) < 4.78 is 16.6. The third kappa shape index (κ3) is 3.79. The van der Waals surface area contributed by atoms with Crippen LogP contribution in [0.3, 0.4) is 0 Å². The van der Waals surface area contributed by atoms with Crippen LogP contribution < -0.4 is 10.6 Å². The van der Waals surface area contributed by atoms with Crippen molar-refractivity contribution < 1.29 is 14.3 Å². The molecule has 0 aliphatic rings. The van der Waals surface area contributed by atoms with Crippen molar-refractivity contribution in [1.82, 2.24) is 20.0 Å². The molecule has 146 valence electrons. The van der Waals surface area contributed by atoms with E-state index in [0.29, 0.717) is 16.9 Å². The maximum Gasteiger partial charge on any atom is 0.409 e. The van der Waals surface area contributed by atoms with E-state index in [9.17, 15) is 9.18 Å². The summed E-state index contributed by atoms with van der Waals surface area (Å²) in [6, 6.07) is 14.0. The molecule has 0 unspecified atom stereocenters. The summed E-state index contributed by atoms with van der Waals surface area (Å²) in [7, 11) is 0. The Hall–Kier alpha value is -4.14. The van der Waals surface area contributed by atoms with E-state index in [1.165, 1.54) is 0 Å². The first-order chi connectivity index (χ1) is 14.0. The summed E-state index contributed by atoms with van der Waals surface area (Å²) in [5.74, 6) is -0.456. The number of halogens is 1. The van der Waals surface area contributed by atoms with Crippen LogP contribution in [0, 0.1) is 12.7 Å². The highest BCUT2D eigenvalue weighted by Gasteiger charge is 2.16. The molecule has 0 spiro atoms. The first kappa shape index (κ1) is 18.2. The van der Waals surface area contributed by atoms with Gasteiger partial charge in [-0.2, -0.15) is 10.2 Å². The average Bonchev–Trinajstić information content (AvgIpc) is 3.34. The molecule has 2 heterocycles. The molecule has 0 fully saturated rings. The lowest BCUT2D eigenvalue weighted by molar-refractivity contribution is 0.210. The van der Waals surface area contributed by atoms with Crippen molar-refractivity contribution in [2.75, 3.05) is 10.6 Å². The highest BCUT2D eigenvalue weighted by Crippen LogP contribution is 2.29. The van der Waals surface area contributed by atoms with Crippen LogP contribution in [0.5, 0.6) is 0 Å². The molecule has 0 saturated carbocycles. The molecule has 4 aromatic rings. The SMILES string of the molecule is Cc1cc(NC(=O)O)ccc1Nc1n[nH]c(-c2ccc(-n3cccn3)cc2)c1F. The maximum absolute atomic E-state index is 14.9. The van der Waals surface area contributed by atoms with Crippen LogP contribution in [-0.2, 0) is 0 Å². The predicted molar refractivity (Wildman–Crippen MR) is 107 cm³/mol. The normalized spacial score (nSPS) is 10.7. The Morgan fingerprint density at radius 3 is 2.66 bits per heavy atom. The van der Waals surface area contributed by atoms with Gasteiger partial charge < -0.3 is 10.4 Å². The Balaban J connectivity index is 1.55. The van der Waals surface area contributed by atoms with Gasteiger partial charge in [-0.15, -0.1) is 0 Å². The summed E-state index contributed by atoms with van der Waals surface area (Å²) >= 11 is 0. The molecule has 0 saturated heterocycles. The Kier molecular flexibility index (Phi) is 4.70. The number of rotatable bonds is 5. The van der Waals surface area contributed by atoms with E-state index in [0.717, 1.165) is 11.3 Å². The van der Waals surface area contributed by atoms with Crippen molar-refractivity contribution in [3.05, 3.63) is 72.3 Å². The Labute approximate surface area is 165 Å². The van der Waals surface area contributed by atoms with E-state index < -0.39 is 11.9 Å². The number of H-pyrrole nitrogens is 1. The van der Waals surface area contributed by atoms with Crippen LogP contribution in [0.4, 0.5) is 26.4 Å². The third-order valence-electron chi connectivity index (χ3n) is 4.36. The summed E-state index contributed by atoms with van der Waals surface area (Å²) in [5, 5.41) is 24.9. The molecule has 2 aromatic heterocycles. The van der Waals surface area contributed by atoms with Gasteiger partial charge in [-0.05, 0) is 48.9 Å². The zero-order valence-corrected chi connectivity index (χ0v) is 15.3. The Morgan fingerprint density at radius 1 is 1.21 bits per heavy atom. The van der Waals surface area contributed by atoms with Gasteiger partial charge in [-0.3, -0.25) is 10.4 Å². The molecule has 4 rings (SSSR count). The number of aryl methyl sites for hydroxylation is 1. The third-order valence-corrected chi connectivity index (χ3v) is 4.36. The zero-order chi connectivity index (χ0) is 20.4. The largest absolute Gasteiger partial charge is 0.465 e. The lowest BCUT2D eigenvalue weighted by atomic mass is 10.1. The smallest absolute Gasteiger partial charge is 0.409 e. The standard InChI is InChI=1S/C20H17FN6O2/c1-12-11-14(23-20(28)29)5-8-16(12)24-19-17(21)18(25-26-19)13-3-6-15(7-4-13)27-10-2-9-22-27/h2-11,23H,1H3,(H,28,29)(H2,24,25,26). The molecule has 29 heavy (non-hydrogen) atoms. The van der Waals surface area contributed by atoms with Crippen molar-refractivity contribution >= 4 is 23.3 Å². The average molecular weight is 392 g/mol. The van der Waals surface area contributed by atoms with Crippen LogP contribution in [-0.4, -0.2) is 31.2 Å². The number of nitrogens with zero attached hydrogens (tertiary/aromatic N) is 3. The van der Waals surface area contributed by atoms with Crippen LogP contribution in [0.25, 0.3) is 16.9 Å². The number of hydrogen-bond acceptors (Lipinski definition) is 4. The fraction of sp³-hybridized carbons (Fsp3) is 0.0500. The Bertz CT molecular complexity index is 1150. The van der Waals surface area contributed by atoms with Gasteiger partial charge in [-0.1, -0.05) is 12.1 Å². The molecule has 4 N–H and O–H groups in total. The molecular formula is C20H17FN6O2. The van der Waals surface area contributed by atoms with E-state index in [1.54, 1.807) is 48.1 Å². The number of aromatic amines is 1. The molecule has 0 aliphatic heterocycles. The van der Waals surface area contributed by atoms with E-state index >= 15 is 0 Å². The number of carbonyl (C=O) groups is 1. The molecule has 0 aliphatic carbocycles. The highest BCUT2D eigenvalue weighted by atomic mass is 19.1. The zero-order valence-electron chi connectivity index (χ0n) is 15.3.